The van der Waals surface area contributed by atoms with Crippen LogP contribution >= 0.6 is 11.6 Å². The van der Waals surface area contributed by atoms with Crippen LogP contribution in [0.5, 0.6) is 0 Å². The van der Waals surface area contributed by atoms with Crippen molar-refractivity contribution in [2.45, 2.75) is 12.5 Å². The van der Waals surface area contributed by atoms with E-state index < -0.39 is 0 Å². The van der Waals surface area contributed by atoms with Crippen LogP contribution < -0.4 is 5.32 Å². The highest BCUT2D eigenvalue weighted by Gasteiger charge is 2.15. The number of likely N-dealkylation sites (N-methyl/N-ethyl adjacent to an activating group) is 1. The lowest BCUT2D eigenvalue weighted by atomic mass is 10.0. The molecule has 1 heterocycles. The zero-order valence-electron chi connectivity index (χ0n) is 10.0. The third-order valence-electron chi connectivity index (χ3n) is 2.82. The van der Waals surface area contributed by atoms with Gasteiger partial charge in [0.2, 0.25) is 0 Å². The summed E-state index contributed by atoms with van der Waals surface area (Å²) in [6.07, 6.45) is 2.35. The van der Waals surface area contributed by atoms with E-state index in [0.717, 1.165) is 5.69 Å². The molecule has 0 aliphatic carbocycles. The van der Waals surface area contributed by atoms with Gasteiger partial charge in [0, 0.05) is 34.9 Å². The van der Waals surface area contributed by atoms with E-state index in [2.05, 4.69) is 10.3 Å². The number of nitrogens with one attached hydrogen (secondary N) is 1. The highest BCUT2D eigenvalue weighted by molar-refractivity contribution is 6.30. The molecule has 2 nitrogen and oxygen atoms in total. The zero-order valence-corrected chi connectivity index (χ0v) is 10.8. The molecule has 0 fully saturated rings. The maximum absolute atomic E-state index is 13.8. The van der Waals surface area contributed by atoms with Crippen LogP contribution in [0.1, 0.15) is 17.3 Å². The lowest BCUT2D eigenvalue weighted by Crippen LogP contribution is -2.20. The Hall–Kier alpha value is -1.45. The van der Waals surface area contributed by atoms with E-state index in [9.17, 15) is 4.39 Å². The average Bonchev–Trinajstić information content (AvgIpc) is 2.40. The summed E-state index contributed by atoms with van der Waals surface area (Å²) in [4.78, 5) is 4.25. The van der Waals surface area contributed by atoms with E-state index in [1.165, 1.54) is 6.07 Å². The summed E-state index contributed by atoms with van der Waals surface area (Å²) in [6.45, 7) is 0. The van der Waals surface area contributed by atoms with Gasteiger partial charge >= 0.3 is 0 Å². The van der Waals surface area contributed by atoms with E-state index >= 15 is 0 Å². The van der Waals surface area contributed by atoms with Crippen molar-refractivity contribution in [2.24, 2.45) is 0 Å². The second-order valence-corrected chi connectivity index (χ2v) is 4.47. The largest absolute Gasteiger partial charge is 0.313 e. The van der Waals surface area contributed by atoms with Gasteiger partial charge in [-0.05, 0) is 37.4 Å². The van der Waals surface area contributed by atoms with Crippen LogP contribution in [-0.2, 0) is 6.42 Å². The predicted molar refractivity (Wildman–Crippen MR) is 71.2 cm³/mol. The van der Waals surface area contributed by atoms with Crippen LogP contribution in [0.15, 0.2) is 42.6 Å². The minimum Gasteiger partial charge on any atom is -0.313 e. The molecule has 2 rings (SSSR count). The molecule has 18 heavy (non-hydrogen) atoms. The molecule has 0 saturated heterocycles. The van der Waals surface area contributed by atoms with E-state index in [1.807, 2.05) is 18.2 Å². The number of rotatable bonds is 4. The molecule has 1 N–H and O–H groups in total. The van der Waals surface area contributed by atoms with Crippen LogP contribution in [0.25, 0.3) is 0 Å². The van der Waals surface area contributed by atoms with Gasteiger partial charge in [0.15, 0.2) is 0 Å². The fourth-order valence-corrected chi connectivity index (χ4v) is 2.06. The first-order chi connectivity index (χ1) is 8.70. The van der Waals surface area contributed by atoms with Crippen molar-refractivity contribution < 1.29 is 4.39 Å². The molecule has 1 aromatic carbocycles. The second-order valence-electron chi connectivity index (χ2n) is 4.03. The van der Waals surface area contributed by atoms with Crippen molar-refractivity contribution in [2.75, 3.05) is 7.05 Å². The van der Waals surface area contributed by atoms with Crippen molar-refractivity contribution in [3.05, 3.63) is 64.7 Å². The van der Waals surface area contributed by atoms with Gasteiger partial charge in [-0.3, -0.25) is 4.98 Å². The number of hydrogen-bond donors (Lipinski definition) is 1. The topological polar surface area (TPSA) is 24.9 Å². The molecule has 0 bridgehead atoms. The van der Waals surface area contributed by atoms with Crippen LogP contribution in [0.2, 0.25) is 5.02 Å². The zero-order chi connectivity index (χ0) is 13.0. The van der Waals surface area contributed by atoms with Crippen LogP contribution in [-0.4, -0.2) is 12.0 Å². The fourth-order valence-electron chi connectivity index (χ4n) is 1.88. The van der Waals surface area contributed by atoms with Crippen molar-refractivity contribution in [1.29, 1.82) is 0 Å². The predicted octanol–water partition coefficient (Wildman–Crippen LogP) is 3.38. The van der Waals surface area contributed by atoms with Crippen LogP contribution in [0.3, 0.4) is 0 Å². The normalized spacial score (nSPS) is 12.4. The molecule has 2 aromatic rings. The fraction of sp³-hybridized carbons (Fsp3) is 0.214. The highest BCUT2D eigenvalue weighted by atomic mass is 35.5. The number of halogens is 2. The molecule has 0 radical (unpaired) electrons. The van der Waals surface area contributed by atoms with Crippen LogP contribution in [0, 0.1) is 5.82 Å². The summed E-state index contributed by atoms with van der Waals surface area (Å²) in [6, 6.07) is 10.2. The molecule has 0 amide bonds. The quantitative estimate of drug-likeness (QED) is 0.916. The van der Waals surface area contributed by atoms with Crippen molar-refractivity contribution in [3.63, 3.8) is 0 Å². The van der Waals surface area contributed by atoms with Crippen molar-refractivity contribution in [1.82, 2.24) is 10.3 Å². The Morgan fingerprint density at radius 3 is 2.83 bits per heavy atom. The highest BCUT2D eigenvalue weighted by Crippen LogP contribution is 2.23. The monoisotopic (exact) mass is 264 g/mol. The summed E-state index contributed by atoms with van der Waals surface area (Å²) in [5, 5.41) is 3.63. The minimum atomic E-state index is -0.255. The summed E-state index contributed by atoms with van der Waals surface area (Å²) >= 11 is 5.91. The lowest BCUT2D eigenvalue weighted by molar-refractivity contribution is 0.530. The number of nitrogens with zero attached hydrogens (tertiary/aromatic N) is 1. The Bertz CT molecular complexity index is 516. The summed E-state index contributed by atoms with van der Waals surface area (Å²) in [7, 11) is 1.80. The van der Waals surface area contributed by atoms with E-state index in [-0.39, 0.29) is 11.9 Å². The Balaban J connectivity index is 2.26. The first-order valence-electron chi connectivity index (χ1n) is 5.73. The minimum absolute atomic E-state index is 0.140. The molecular formula is C14H14ClFN2. The Kier molecular flexibility index (Phi) is 4.28. The molecule has 94 valence electrons. The molecule has 4 heteroatoms. The average molecular weight is 265 g/mol. The second kappa shape index (κ2) is 5.94. The third kappa shape index (κ3) is 3.06. The SMILES string of the molecule is CNC(Cc1ccccn1)c1cc(Cl)ccc1F. The van der Waals surface area contributed by atoms with Gasteiger partial charge in [-0.25, -0.2) is 4.39 Å². The maximum atomic E-state index is 13.8. The van der Waals surface area contributed by atoms with E-state index in [4.69, 9.17) is 11.6 Å². The number of benzene rings is 1. The van der Waals surface area contributed by atoms with Gasteiger partial charge in [0.05, 0.1) is 0 Å². The van der Waals surface area contributed by atoms with E-state index in [1.54, 1.807) is 25.4 Å². The smallest absolute Gasteiger partial charge is 0.128 e. The lowest BCUT2D eigenvalue weighted by Gasteiger charge is -2.17. The molecule has 0 aliphatic rings. The third-order valence-corrected chi connectivity index (χ3v) is 3.06. The Labute approximate surface area is 111 Å². The van der Waals surface area contributed by atoms with Crippen LogP contribution in [0.4, 0.5) is 4.39 Å². The molecule has 1 aromatic heterocycles. The van der Waals surface area contributed by atoms with Gasteiger partial charge in [0.25, 0.3) is 0 Å². The summed E-state index contributed by atoms with van der Waals surface area (Å²) in [5.74, 6) is -0.255. The maximum Gasteiger partial charge on any atom is 0.128 e. The first kappa shape index (κ1) is 13.0. The Morgan fingerprint density at radius 2 is 2.17 bits per heavy atom. The first-order valence-corrected chi connectivity index (χ1v) is 6.10. The molecule has 1 unspecified atom stereocenters. The molecule has 1 atom stereocenters. The van der Waals surface area contributed by atoms with Gasteiger partial charge in [0.1, 0.15) is 5.82 Å². The summed E-state index contributed by atoms with van der Waals surface area (Å²) in [5.41, 5.74) is 1.48. The van der Waals surface area contributed by atoms with Gasteiger partial charge < -0.3 is 5.32 Å². The molecule has 0 saturated carbocycles. The van der Waals surface area contributed by atoms with Crippen molar-refractivity contribution in [3.8, 4) is 0 Å². The van der Waals surface area contributed by atoms with Gasteiger partial charge in [-0.15, -0.1) is 0 Å². The summed E-state index contributed by atoms with van der Waals surface area (Å²) < 4.78 is 13.8. The number of aromatic nitrogens is 1. The van der Waals surface area contributed by atoms with Gasteiger partial charge in [-0.2, -0.15) is 0 Å². The van der Waals surface area contributed by atoms with E-state index in [0.29, 0.717) is 17.0 Å². The standard InChI is InChI=1S/C14H14ClFN2/c1-17-14(9-11-4-2-3-7-18-11)12-8-10(15)5-6-13(12)16/h2-8,14,17H,9H2,1H3. The molecular weight excluding hydrogens is 251 g/mol. The molecule has 0 spiro atoms. The number of pyridine rings is 1. The van der Waals surface area contributed by atoms with Crippen molar-refractivity contribution >= 4 is 11.6 Å². The Morgan fingerprint density at radius 1 is 1.33 bits per heavy atom. The van der Waals surface area contributed by atoms with Gasteiger partial charge in [-0.1, -0.05) is 17.7 Å². The number of hydrogen-bond acceptors (Lipinski definition) is 2. The molecule has 0 aliphatic heterocycles.